The van der Waals surface area contributed by atoms with Gasteiger partial charge in [-0.05, 0) is 24.5 Å². The third-order valence-corrected chi connectivity index (χ3v) is 3.67. The van der Waals surface area contributed by atoms with Gasteiger partial charge in [-0.1, -0.05) is 56.7 Å². The summed E-state index contributed by atoms with van der Waals surface area (Å²) in [5, 5.41) is 0.566. The highest BCUT2D eigenvalue weighted by Crippen LogP contribution is 2.24. The Morgan fingerprint density at radius 1 is 1.21 bits per heavy atom. The van der Waals surface area contributed by atoms with Gasteiger partial charge in [0.15, 0.2) is 0 Å². The zero-order chi connectivity index (χ0) is 14.1. The first kappa shape index (κ1) is 16.5. The number of halogens is 1. The molecule has 1 rings (SSSR count). The molecule has 0 aliphatic heterocycles. The van der Waals surface area contributed by atoms with Gasteiger partial charge in [-0.2, -0.15) is 0 Å². The lowest BCUT2D eigenvalue weighted by Crippen LogP contribution is -1.98. The minimum Gasteiger partial charge on any atom is -0.740 e. The van der Waals surface area contributed by atoms with E-state index in [0.717, 1.165) is 18.4 Å². The fourth-order valence-electron chi connectivity index (χ4n) is 1.96. The maximum absolute atomic E-state index is 10.4. The average molecular weight is 304 g/mol. The Kier molecular flexibility index (Phi) is 8.10. The molecule has 0 heterocycles. The predicted molar refractivity (Wildman–Crippen MR) is 78.1 cm³/mol. The van der Waals surface area contributed by atoms with Gasteiger partial charge in [0, 0.05) is 11.1 Å². The van der Waals surface area contributed by atoms with Gasteiger partial charge >= 0.3 is 0 Å². The van der Waals surface area contributed by atoms with Crippen molar-refractivity contribution in [2.75, 3.05) is 0 Å². The van der Waals surface area contributed by atoms with Gasteiger partial charge in [0.1, 0.15) is 17.1 Å². The molecule has 1 atom stereocenters. The summed E-state index contributed by atoms with van der Waals surface area (Å²) in [6.45, 7) is 2.21. The van der Waals surface area contributed by atoms with Crippen LogP contribution in [0.3, 0.4) is 0 Å². The summed E-state index contributed by atoms with van der Waals surface area (Å²) in [5.41, 5.74) is 1.04. The monoisotopic (exact) mass is 303 g/mol. The third-order valence-electron chi connectivity index (χ3n) is 2.99. The Labute approximate surface area is 122 Å². The van der Waals surface area contributed by atoms with Gasteiger partial charge in [-0.25, -0.2) is 4.21 Å². The van der Waals surface area contributed by atoms with Crippen molar-refractivity contribution in [3.05, 3.63) is 28.8 Å². The highest BCUT2D eigenvalue weighted by Gasteiger charge is 2.03. The largest absolute Gasteiger partial charge is 0.740 e. The highest BCUT2D eigenvalue weighted by atomic mass is 35.5. The fraction of sp³-hybridized carbons (Fsp3) is 0.571. The van der Waals surface area contributed by atoms with Crippen LogP contribution in [0.4, 0.5) is 0 Å². The van der Waals surface area contributed by atoms with E-state index in [-0.39, 0.29) is 5.75 Å². The zero-order valence-corrected chi connectivity index (χ0v) is 12.8. The summed E-state index contributed by atoms with van der Waals surface area (Å²) in [5.74, 6) is 0.255. The molecule has 19 heavy (non-hydrogen) atoms. The summed E-state index contributed by atoms with van der Waals surface area (Å²) >= 11 is 3.54. The van der Waals surface area contributed by atoms with Gasteiger partial charge in [0.2, 0.25) is 0 Å². The molecular weight excluding hydrogens is 284 g/mol. The van der Waals surface area contributed by atoms with Crippen molar-refractivity contribution in [2.45, 2.75) is 51.9 Å². The second kappa shape index (κ2) is 9.34. The van der Waals surface area contributed by atoms with Crippen LogP contribution in [0.1, 0.15) is 51.0 Å². The fourth-order valence-corrected chi connectivity index (χ4v) is 2.48. The lowest BCUT2D eigenvalue weighted by molar-refractivity contribution is 0.440. The van der Waals surface area contributed by atoms with E-state index in [1.807, 2.05) is 6.07 Å². The lowest BCUT2D eigenvalue weighted by atomic mass is 10.0. The molecule has 1 unspecified atom stereocenters. The first-order chi connectivity index (χ1) is 9.13. The van der Waals surface area contributed by atoms with Crippen molar-refractivity contribution in [1.82, 2.24) is 0 Å². The normalized spacial score (nSPS) is 12.4. The van der Waals surface area contributed by atoms with Crippen LogP contribution in [0.5, 0.6) is 5.75 Å². The molecule has 0 saturated heterocycles. The van der Waals surface area contributed by atoms with Crippen molar-refractivity contribution in [3.63, 3.8) is 0 Å². The van der Waals surface area contributed by atoms with E-state index < -0.39 is 11.4 Å². The van der Waals surface area contributed by atoms with Crippen LogP contribution in [0.2, 0.25) is 5.02 Å². The van der Waals surface area contributed by atoms with Crippen molar-refractivity contribution >= 4 is 23.0 Å². The Morgan fingerprint density at radius 2 is 1.89 bits per heavy atom. The Bertz CT molecular complexity index is 410. The molecule has 3 nitrogen and oxygen atoms in total. The van der Waals surface area contributed by atoms with Crippen LogP contribution < -0.4 is 4.18 Å². The smallest absolute Gasteiger partial charge is 0.140 e. The second-order valence-corrected chi connectivity index (χ2v) is 5.54. The van der Waals surface area contributed by atoms with Crippen molar-refractivity contribution < 1.29 is 12.9 Å². The van der Waals surface area contributed by atoms with E-state index in [1.165, 1.54) is 32.1 Å². The quantitative estimate of drug-likeness (QED) is 0.501. The second-order valence-electron chi connectivity index (χ2n) is 4.56. The molecule has 1 aromatic carbocycles. The number of unbranched alkanes of at least 4 members (excludes halogenated alkanes) is 5. The maximum atomic E-state index is 10.4. The molecule has 5 heteroatoms. The van der Waals surface area contributed by atoms with E-state index in [0.29, 0.717) is 5.02 Å². The van der Waals surface area contributed by atoms with Crippen LogP contribution in [-0.2, 0) is 17.8 Å². The third kappa shape index (κ3) is 6.95. The van der Waals surface area contributed by atoms with Crippen LogP contribution >= 0.6 is 11.6 Å². The van der Waals surface area contributed by atoms with E-state index >= 15 is 0 Å². The summed E-state index contributed by atoms with van der Waals surface area (Å²) in [6, 6.07) is 5.01. The van der Waals surface area contributed by atoms with Crippen molar-refractivity contribution in [1.29, 1.82) is 0 Å². The topological polar surface area (TPSA) is 49.4 Å². The van der Waals surface area contributed by atoms with Crippen LogP contribution in [-0.4, -0.2) is 8.76 Å². The summed E-state index contributed by atoms with van der Waals surface area (Å²) in [7, 11) is 0. The predicted octanol–water partition coefficient (Wildman–Crippen LogP) is 4.42. The van der Waals surface area contributed by atoms with Crippen LogP contribution in [0.15, 0.2) is 18.2 Å². The molecule has 0 amide bonds. The molecule has 0 N–H and O–H groups in total. The van der Waals surface area contributed by atoms with E-state index in [2.05, 4.69) is 11.1 Å². The summed E-state index contributed by atoms with van der Waals surface area (Å²) in [6.07, 6.45) is 8.36. The number of benzene rings is 1. The molecule has 0 saturated carbocycles. The van der Waals surface area contributed by atoms with Gasteiger partial charge < -0.3 is 8.74 Å². The molecule has 0 fully saturated rings. The molecule has 1 aromatic rings. The average Bonchev–Trinajstić information content (AvgIpc) is 2.35. The Hall–Kier alpha value is -0.580. The first-order valence-corrected chi connectivity index (χ1v) is 8.07. The van der Waals surface area contributed by atoms with Crippen molar-refractivity contribution in [3.8, 4) is 5.75 Å². The minimum absolute atomic E-state index is 0.255. The number of rotatable bonds is 9. The maximum Gasteiger partial charge on any atom is 0.140 e. The van der Waals surface area contributed by atoms with E-state index in [1.54, 1.807) is 12.1 Å². The van der Waals surface area contributed by atoms with E-state index in [4.69, 9.17) is 11.6 Å². The van der Waals surface area contributed by atoms with Gasteiger partial charge in [-0.3, -0.25) is 0 Å². The molecule has 0 radical (unpaired) electrons. The molecule has 0 aliphatic carbocycles. The van der Waals surface area contributed by atoms with Crippen LogP contribution in [0.25, 0.3) is 0 Å². The Morgan fingerprint density at radius 3 is 2.53 bits per heavy atom. The standard InChI is InChI=1S/C14H21ClO3S/c1-2-3-4-5-6-7-8-12-9-10-13(11-14(12)15)18-19(16)17/h9-11H,2-8H2,1H3,(H,16,17)/p-1. The van der Waals surface area contributed by atoms with Gasteiger partial charge in [-0.15, -0.1) is 0 Å². The summed E-state index contributed by atoms with van der Waals surface area (Å²) in [4.78, 5) is 0. The zero-order valence-electron chi connectivity index (χ0n) is 11.2. The molecule has 0 aromatic heterocycles. The molecule has 0 bridgehead atoms. The SMILES string of the molecule is CCCCCCCCc1ccc(OS(=O)[O-])cc1Cl. The Balaban J connectivity index is 2.36. The molecular formula is C14H20ClO3S-. The molecule has 108 valence electrons. The summed E-state index contributed by atoms with van der Waals surface area (Å²) < 4.78 is 25.3. The van der Waals surface area contributed by atoms with Gasteiger partial charge in [0.05, 0.1) is 0 Å². The van der Waals surface area contributed by atoms with Crippen molar-refractivity contribution in [2.24, 2.45) is 0 Å². The first-order valence-electron chi connectivity index (χ1n) is 6.69. The number of aryl methyl sites for hydroxylation is 1. The lowest BCUT2D eigenvalue weighted by Gasteiger charge is -2.09. The van der Waals surface area contributed by atoms with Crippen LogP contribution in [0, 0.1) is 0 Å². The molecule has 0 spiro atoms. The number of hydrogen-bond donors (Lipinski definition) is 0. The minimum atomic E-state index is -2.55. The van der Waals surface area contributed by atoms with Gasteiger partial charge in [0.25, 0.3) is 0 Å². The highest BCUT2D eigenvalue weighted by molar-refractivity contribution is 7.74. The van der Waals surface area contributed by atoms with E-state index in [9.17, 15) is 8.76 Å². The number of hydrogen-bond acceptors (Lipinski definition) is 3. The molecule has 0 aliphatic rings.